The minimum Gasteiger partial charge on any atom is -0.378 e. The van der Waals surface area contributed by atoms with Crippen LogP contribution in [-0.2, 0) is 16.1 Å². The van der Waals surface area contributed by atoms with E-state index in [0.717, 1.165) is 16.8 Å². The monoisotopic (exact) mass is 287 g/mol. The van der Waals surface area contributed by atoms with Crippen LogP contribution in [0.2, 0.25) is 0 Å². The zero-order chi connectivity index (χ0) is 15.3. The van der Waals surface area contributed by atoms with Gasteiger partial charge in [-0.05, 0) is 31.0 Å². The van der Waals surface area contributed by atoms with E-state index in [1.807, 2.05) is 44.2 Å². The van der Waals surface area contributed by atoms with Crippen molar-refractivity contribution >= 4 is 5.91 Å². The van der Waals surface area contributed by atoms with E-state index < -0.39 is 5.60 Å². The van der Waals surface area contributed by atoms with Crippen LogP contribution in [0.1, 0.15) is 25.8 Å². The van der Waals surface area contributed by atoms with E-state index in [0.29, 0.717) is 13.0 Å². The first-order valence-electron chi connectivity index (χ1n) is 6.91. The molecule has 1 aromatic heterocycles. The Morgan fingerprint density at radius 1 is 1.29 bits per heavy atom. The quantitative estimate of drug-likeness (QED) is 0.858. The molecule has 21 heavy (non-hydrogen) atoms. The fourth-order valence-electron chi connectivity index (χ4n) is 1.94. The first-order valence-corrected chi connectivity index (χ1v) is 6.91. The molecular weight excluding hydrogens is 266 g/mol. The Bertz CT molecular complexity index is 574. The molecular formula is C16H21N3O2. The first kappa shape index (κ1) is 15.3. The molecule has 0 unspecified atom stereocenters. The van der Waals surface area contributed by atoms with Crippen molar-refractivity contribution in [1.82, 2.24) is 15.5 Å². The van der Waals surface area contributed by atoms with Gasteiger partial charge in [-0.1, -0.05) is 24.3 Å². The van der Waals surface area contributed by atoms with Crippen molar-refractivity contribution in [3.05, 3.63) is 42.1 Å². The Hall–Kier alpha value is -2.14. The van der Waals surface area contributed by atoms with E-state index in [4.69, 9.17) is 4.74 Å². The minimum atomic E-state index is -0.436. The third kappa shape index (κ3) is 4.43. The molecule has 5 nitrogen and oxygen atoms in total. The fourth-order valence-corrected chi connectivity index (χ4v) is 1.94. The summed E-state index contributed by atoms with van der Waals surface area (Å²) in [5, 5.41) is 9.75. The Morgan fingerprint density at radius 2 is 2.00 bits per heavy atom. The second-order valence-corrected chi connectivity index (χ2v) is 5.58. The number of rotatable bonds is 6. The average Bonchev–Trinajstić information content (AvgIpc) is 2.99. The largest absolute Gasteiger partial charge is 0.378 e. The lowest BCUT2D eigenvalue weighted by atomic mass is 10.0. The number of benzene rings is 1. The second-order valence-electron chi connectivity index (χ2n) is 5.58. The molecule has 0 aliphatic heterocycles. The number of hydrogen-bond donors (Lipinski definition) is 2. The molecule has 2 rings (SSSR count). The highest BCUT2D eigenvalue weighted by atomic mass is 16.5. The van der Waals surface area contributed by atoms with Gasteiger partial charge < -0.3 is 10.1 Å². The zero-order valence-corrected chi connectivity index (χ0v) is 12.6. The molecule has 1 amide bonds. The van der Waals surface area contributed by atoms with Crippen molar-refractivity contribution in [3.8, 4) is 11.3 Å². The number of methoxy groups -OCH3 is 1. The SMILES string of the molecule is COC(C)(C)CC(=O)NCc1ccc(-c2ccn[nH]2)cc1. The van der Waals surface area contributed by atoms with E-state index >= 15 is 0 Å². The van der Waals surface area contributed by atoms with Crippen molar-refractivity contribution in [2.75, 3.05) is 7.11 Å². The van der Waals surface area contributed by atoms with Crippen LogP contribution in [0.5, 0.6) is 0 Å². The van der Waals surface area contributed by atoms with Crippen LogP contribution in [-0.4, -0.2) is 28.8 Å². The maximum Gasteiger partial charge on any atom is 0.223 e. The number of aromatic amines is 1. The topological polar surface area (TPSA) is 67.0 Å². The predicted molar refractivity (Wildman–Crippen MR) is 81.6 cm³/mol. The Kier molecular flexibility index (Phi) is 4.75. The van der Waals surface area contributed by atoms with Gasteiger partial charge in [-0.15, -0.1) is 0 Å². The van der Waals surface area contributed by atoms with Gasteiger partial charge >= 0.3 is 0 Å². The van der Waals surface area contributed by atoms with Gasteiger partial charge in [0.1, 0.15) is 0 Å². The molecule has 5 heteroatoms. The molecule has 0 aliphatic carbocycles. The van der Waals surface area contributed by atoms with Crippen LogP contribution in [0.4, 0.5) is 0 Å². The molecule has 0 spiro atoms. The molecule has 0 bridgehead atoms. The number of aromatic nitrogens is 2. The molecule has 0 saturated carbocycles. The number of hydrogen-bond acceptors (Lipinski definition) is 3. The number of nitrogens with one attached hydrogen (secondary N) is 2. The lowest BCUT2D eigenvalue weighted by Gasteiger charge is -2.21. The second kappa shape index (κ2) is 6.54. The summed E-state index contributed by atoms with van der Waals surface area (Å²) in [5.41, 5.74) is 2.67. The molecule has 0 radical (unpaired) electrons. The lowest BCUT2D eigenvalue weighted by molar-refractivity contribution is -0.126. The van der Waals surface area contributed by atoms with Crippen LogP contribution in [0.15, 0.2) is 36.5 Å². The van der Waals surface area contributed by atoms with Crippen LogP contribution >= 0.6 is 0 Å². The van der Waals surface area contributed by atoms with Gasteiger partial charge in [0.25, 0.3) is 0 Å². The number of carbonyl (C=O) groups is 1. The molecule has 0 fully saturated rings. The van der Waals surface area contributed by atoms with Crippen molar-refractivity contribution < 1.29 is 9.53 Å². The van der Waals surface area contributed by atoms with Crippen LogP contribution in [0.25, 0.3) is 11.3 Å². The Labute approximate surface area is 124 Å². The summed E-state index contributed by atoms with van der Waals surface area (Å²) in [6.45, 7) is 4.30. The summed E-state index contributed by atoms with van der Waals surface area (Å²) >= 11 is 0. The highest BCUT2D eigenvalue weighted by molar-refractivity contribution is 5.76. The standard InChI is InChI=1S/C16H21N3O2/c1-16(2,21-3)10-15(20)17-11-12-4-6-13(7-5-12)14-8-9-18-19-14/h4-9H,10-11H2,1-3H3,(H,17,20)(H,18,19). The molecule has 112 valence electrons. The van der Waals surface area contributed by atoms with Crippen LogP contribution in [0, 0.1) is 0 Å². The molecule has 1 aromatic carbocycles. The van der Waals surface area contributed by atoms with E-state index in [9.17, 15) is 4.79 Å². The number of amides is 1. The van der Waals surface area contributed by atoms with Crippen LogP contribution in [0.3, 0.4) is 0 Å². The molecule has 2 N–H and O–H groups in total. The first-order chi connectivity index (χ1) is 10.00. The number of ether oxygens (including phenoxy) is 1. The summed E-state index contributed by atoms with van der Waals surface area (Å²) < 4.78 is 5.25. The average molecular weight is 287 g/mol. The van der Waals surface area contributed by atoms with Gasteiger partial charge in [0.05, 0.1) is 17.7 Å². The third-order valence-electron chi connectivity index (χ3n) is 3.39. The molecule has 0 saturated heterocycles. The summed E-state index contributed by atoms with van der Waals surface area (Å²) in [6.07, 6.45) is 2.07. The normalized spacial score (nSPS) is 11.4. The van der Waals surface area contributed by atoms with Gasteiger partial charge in [0.2, 0.25) is 5.91 Å². The van der Waals surface area contributed by atoms with Crippen molar-refractivity contribution in [2.45, 2.75) is 32.4 Å². The Morgan fingerprint density at radius 3 is 2.57 bits per heavy atom. The molecule has 0 aliphatic rings. The van der Waals surface area contributed by atoms with Gasteiger partial charge in [-0.2, -0.15) is 5.10 Å². The van der Waals surface area contributed by atoms with Gasteiger partial charge in [-0.25, -0.2) is 0 Å². The summed E-state index contributed by atoms with van der Waals surface area (Å²) in [7, 11) is 1.61. The number of carbonyl (C=O) groups excluding carboxylic acids is 1. The lowest BCUT2D eigenvalue weighted by Crippen LogP contribution is -2.33. The smallest absolute Gasteiger partial charge is 0.223 e. The summed E-state index contributed by atoms with van der Waals surface area (Å²) in [5.74, 6) is -0.0144. The van der Waals surface area contributed by atoms with Crippen molar-refractivity contribution in [3.63, 3.8) is 0 Å². The summed E-state index contributed by atoms with van der Waals surface area (Å²) in [4.78, 5) is 11.8. The molecule has 2 aromatic rings. The van der Waals surface area contributed by atoms with E-state index in [2.05, 4.69) is 15.5 Å². The maximum absolute atomic E-state index is 11.8. The van der Waals surface area contributed by atoms with Crippen LogP contribution < -0.4 is 5.32 Å². The molecule has 0 atom stereocenters. The van der Waals surface area contributed by atoms with Gasteiger partial charge in [-0.3, -0.25) is 9.89 Å². The highest BCUT2D eigenvalue weighted by Gasteiger charge is 2.20. The van der Waals surface area contributed by atoms with E-state index in [1.165, 1.54) is 0 Å². The third-order valence-corrected chi connectivity index (χ3v) is 3.39. The van der Waals surface area contributed by atoms with Gasteiger partial charge in [0, 0.05) is 19.9 Å². The molecule has 1 heterocycles. The predicted octanol–water partition coefficient (Wildman–Crippen LogP) is 2.51. The van der Waals surface area contributed by atoms with Gasteiger partial charge in [0.15, 0.2) is 0 Å². The Balaban J connectivity index is 1.88. The highest BCUT2D eigenvalue weighted by Crippen LogP contribution is 2.17. The summed E-state index contributed by atoms with van der Waals surface area (Å²) in [6, 6.07) is 9.93. The van der Waals surface area contributed by atoms with E-state index in [1.54, 1.807) is 13.3 Å². The zero-order valence-electron chi connectivity index (χ0n) is 12.6. The van der Waals surface area contributed by atoms with E-state index in [-0.39, 0.29) is 5.91 Å². The fraction of sp³-hybridized carbons (Fsp3) is 0.375. The van der Waals surface area contributed by atoms with Crippen molar-refractivity contribution in [2.24, 2.45) is 0 Å². The maximum atomic E-state index is 11.8. The number of H-pyrrole nitrogens is 1. The van der Waals surface area contributed by atoms with Crippen molar-refractivity contribution in [1.29, 1.82) is 0 Å². The minimum absolute atomic E-state index is 0.0144. The number of nitrogens with zero attached hydrogens (tertiary/aromatic N) is 1.